The van der Waals surface area contributed by atoms with Crippen LogP contribution in [-0.4, -0.2) is 37.2 Å². The van der Waals surface area contributed by atoms with Crippen LogP contribution in [-0.2, 0) is 28.6 Å². The zero-order valence-corrected chi connectivity index (χ0v) is 45.8. The minimum absolute atomic E-state index is 0.0842. The van der Waals surface area contributed by atoms with Crippen molar-refractivity contribution in [1.82, 2.24) is 0 Å². The van der Waals surface area contributed by atoms with Crippen molar-refractivity contribution in [3.8, 4) is 0 Å². The van der Waals surface area contributed by atoms with Gasteiger partial charge in [0.1, 0.15) is 13.2 Å². The molecule has 1 atom stereocenters. The van der Waals surface area contributed by atoms with E-state index in [0.717, 1.165) is 83.5 Å². The summed E-state index contributed by atoms with van der Waals surface area (Å²) in [6.07, 6.45) is 72.1. The number of unbranched alkanes of at least 4 members (excludes halogenated alkanes) is 33. The van der Waals surface area contributed by atoms with Crippen LogP contribution < -0.4 is 0 Å². The summed E-state index contributed by atoms with van der Waals surface area (Å²) in [6.45, 7) is 6.60. The largest absolute Gasteiger partial charge is 0.462 e. The van der Waals surface area contributed by atoms with Crippen molar-refractivity contribution in [2.24, 2.45) is 0 Å². The highest BCUT2D eigenvalue weighted by Crippen LogP contribution is 2.16. The average molecular weight is 966 g/mol. The second-order valence-electron chi connectivity index (χ2n) is 19.9. The summed E-state index contributed by atoms with van der Waals surface area (Å²) < 4.78 is 16.9. The lowest BCUT2D eigenvalue weighted by Crippen LogP contribution is -2.30. The fraction of sp³-hybridized carbons (Fsp3) is 0.794. The molecule has 0 saturated heterocycles. The number of hydrogen-bond donors (Lipinski definition) is 0. The van der Waals surface area contributed by atoms with E-state index in [1.807, 2.05) is 0 Å². The Morgan fingerprint density at radius 3 is 0.884 bits per heavy atom. The Hall–Kier alpha value is -2.89. The molecule has 0 radical (unpaired) electrons. The van der Waals surface area contributed by atoms with Gasteiger partial charge in [-0.05, 0) is 89.9 Å². The number of carbonyl (C=O) groups is 3. The molecule has 0 aliphatic carbocycles. The van der Waals surface area contributed by atoms with Gasteiger partial charge in [0, 0.05) is 19.3 Å². The molecule has 0 fully saturated rings. The third-order valence-electron chi connectivity index (χ3n) is 13.0. The molecule has 0 aliphatic heterocycles. The first-order valence-corrected chi connectivity index (χ1v) is 29.8. The summed E-state index contributed by atoms with van der Waals surface area (Å²) in [6, 6.07) is 0. The maximum atomic E-state index is 12.9. The number of rotatable bonds is 54. The molecule has 0 aromatic heterocycles. The quantitative estimate of drug-likeness (QED) is 0.0262. The number of ether oxygens (including phenoxy) is 3. The summed E-state index contributed by atoms with van der Waals surface area (Å²) in [7, 11) is 0. The molecule has 0 aromatic rings. The van der Waals surface area contributed by atoms with Crippen molar-refractivity contribution in [2.45, 2.75) is 309 Å². The van der Waals surface area contributed by atoms with E-state index < -0.39 is 6.10 Å². The zero-order chi connectivity index (χ0) is 50.0. The van der Waals surface area contributed by atoms with Crippen molar-refractivity contribution in [1.29, 1.82) is 0 Å². The van der Waals surface area contributed by atoms with E-state index in [1.165, 1.54) is 180 Å². The summed E-state index contributed by atoms with van der Waals surface area (Å²) in [5.74, 6) is -0.905. The Morgan fingerprint density at radius 2 is 0.522 bits per heavy atom. The Balaban J connectivity index is 4.42. The van der Waals surface area contributed by atoms with Crippen LogP contribution in [0.15, 0.2) is 60.8 Å². The van der Waals surface area contributed by atoms with Crippen molar-refractivity contribution in [2.75, 3.05) is 13.2 Å². The number of hydrogen-bond acceptors (Lipinski definition) is 6. The fourth-order valence-electron chi connectivity index (χ4n) is 8.48. The molecule has 400 valence electrons. The van der Waals surface area contributed by atoms with Gasteiger partial charge < -0.3 is 14.2 Å². The van der Waals surface area contributed by atoms with E-state index in [0.29, 0.717) is 19.3 Å². The third kappa shape index (κ3) is 55.9. The SMILES string of the molecule is CCCCC/C=C/C/C=C/C/C=C/C/C=C/CCCCCC(=O)OC[C@@H](COC(=O)CCCCCCCCC/C=C/CCCCCC)OC(=O)CCCCCCCCCCCCCCCCCCC. The molecule has 0 aromatic carbocycles. The minimum atomic E-state index is -0.787. The normalized spacial score (nSPS) is 12.4. The second kappa shape index (κ2) is 57.7. The molecule has 0 saturated carbocycles. The highest BCUT2D eigenvalue weighted by molar-refractivity contribution is 5.71. The number of allylic oxidation sites excluding steroid dienone is 10. The van der Waals surface area contributed by atoms with Gasteiger partial charge in [0.05, 0.1) is 0 Å². The van der Waals surface area contributed by atoms with Gasteiger partial charge in [-0.1, -0.05) is 255 Å². The predicted molar refractivity (Wildman–Crippen MR) is 298 cm³/mol. The van der Waals surface area contributed by atoms with E-state index in [4.69, 9.17) is 14.2 Å². The molecule has 0 bridgehead atoms. The second-order valence-corrected chi connectivity index (χ2v) is 19.9. The van der Waals surface area contributed by atoms with E-state index in [-0.39, 0.29) is 31.1 Å². The Kier molecular flexibility index (Phi) is 55.3. The molecule has 0 rings (SSSR count). The third-order valence-corrected chi connectivity index (χ3v) is 13.0. The standard InChI is InChI=1S/C63H112O6/c1-4-7-10-13-16-19-22-25-28-30-31-33-35-38-41-44-47-50-53-56-62(65)68-59-60(58-67-61(64)55-52-49-46-43-40-37-34-27-24-21-18-15-12-9-6-3)69-63(66)57-54-51-48-45-42-39-36-32-29-26-23-20-17-14-11-8-5-2/h16,19,21,24-25,28,31,33,38,41,60H,4-15,17-18,20,22-23,26-27,29-30,32,34-37,39-40,42-59H2,1-3H3/b19-16+,24-21+,28-25+,33-31+,41-38+/t60-/m1/s1. The van der Waals surface area contributed by atoms with Crippen molar-refractivity contribution >= 4 is 17.9 Å². The van der Waals surface area contributed by atoms with Gasteiger partial charge in [0.15, 0.2) is 6.10 Å². The molecule has 6 heteroatoms. The zero-order valence-electron chi connectivity index (χ0n) is 45.8. The van der Waals surface area contributed by atoms with Crippen LogP contribution in [0.4, 0.5) is 0 Å². The Bertz CT molecular complexity index is 1250. The summed E-state index contributed by atoms with van der Waals surface area (Å²) in [5.41, 5.74) is 0. The van der Waals surface area contributed by atoms with Crippen LogP contribution in [0.1, 0.15) is 303 Å². The minimum Gasteiger partial charge on any atom is -0.462 e. The smallest absolute Gasteiger partial charge is 0.306 e. The van der Waals surface area contributed by atoms with Crippen LogP contribution in [0.2, 0.25) is 0 Å². The lowest BCUT2D eigenvalue weighted by atomic mass is 10.0. The van der Waals surface area contributed by atoms with Crippen LogP contribution >= 0.6 is 0 Å². The molecular weight excluding hydrogens is 853 g/mol. The van der Waals surface area contributed by atoms with Gasteiger partial charge in [0.2, 0.25) is 0 Å². The lowest BCUT2D eigenvalue weighted by molar-refractivity contribution is -0.167. The Labute approximate surface area is 428 Å². The molecule has 0 heterocycles. The van der Waals surface area contributed by atoms with E-state index >= 15 is 0 Å². The molecule has 0 aliphatic rings. The highest BCUT2D eigenvalue weighted by Gasteiger charge is 2.19. The van der Waals surface area contributed by atoms with E-state index in [2.05, 4.69) is 81.5 Å². The van der Waals surface area contributed by atoms with Crippen molar-refractivity contribution in [3.63, 3.8) is 0 Å². The highest BCUT2D eigenvalue weighted by atomic mass is 16.6. The summed E-state index contributed by atoms with van der Waals surface area (Å²) in [5, 5.41) is 0. The molecule has 0 spiro atoms. The topological polar surface area (TPSA) is 78.9 Å². The van der Waals surface area contributed by atoms with E-state index in [1.54, 1.807) is 0 Å². The Morgan fingerprint density at radius 1 is 0.290 bits per heavy atom. The van der Waals surface area contributed by atoms with E-state index in [9.17, 15) is 14.4 Å². The van der Waals surface area contributed by atoms with Crippen molar-refractivity contribution < 1.29 is 28.6 Å². The predicted octanol–water partition coefficient (Wildman–Crippen LogP) is 20.0. The van der Waals surface area contributed by atoms with Gasteiger partial charge in [-0.2, -0.15) is 0 Å². The number of carbonyl (C=O) groups excluding carboxylic acids is 3. The summed E-state index contributed by atoms with van der Waals surface area (Å²) >= 11 is 0. The van der Waals surface area contributed by atoms with Crippen LogP contribution in [0.25, 0.3) is 0 Å². The maximum absolute atomic E-state index is 12.9. The molecule has 0 N–H and O–H groups in total. The van der Waals surface area contributed by atoms with Crippen LogP contribution in [0.5, 0.6) is 0 Å². The maximum Gasteiger partial charge on any atom is 0.306 e. The van der Waals surface area contributed by atoms with Crippen LogP contribution in [0, 0.1) is 0 Å². The number of esters is 3. The molecular formula is C63H112O6. The first kappa shape index (κ1) is 66.1. The first-order valence-electron chi connectivity index (χ1n) is 29.8. The lowest BCUT2D eigenvalue weighted by Gasteiger charge is -2.18. The molecule has 0 unspecified atom stereocenters. The van der Waals surface area contributed by atoms with Crippen LogP contribution in [0.3, 0.4) is 0 Å². The molecule has 0 amide bonds. The fourth-order valence-corrected chi connectivity index (χ4v) is 8.48. The first-order chi connectivity index (χ1) is 34.0. The van der Waals surface area contributed by atoms with Gasteiger partial charge >= 0.3 is 17.9 Å². The van der Waals surface area contributed by atoms with Gasteiger partial charge in [-0.25, -0.2) is 0 Å². The van der Waals surface area contributed by atoms with Crippen molar-refractivity contribution in [3.05, 3.63) is 60.8 Å². The van der Waals surface area contributed by atoms with Gasteiger partial charge in [-0.15, -0.1) is 0 Å². The molecule has 69 heavy (non-hydrogen) atoms. The molecule has 6 nitrogen and oxygen atoms in total. The van der Waals surface area contributed by atoms with Gasteiger partial charge in [-0.3, -0.25) is 14.4 Å². The summed E-state index contributed by atoms with van der Waals surface area (Å²) in [4.78, 5) is 38.2. The van der Waals surface area contributed by atoms with Gasteiger partial charge in [0.25, 0.3) is 0 Å². The monoisotopic (exact) mass is 965 g/mol. The average Bonchev–Trinajstić information content (AvgIpc) is 3.35.